The van der Waals surface area contributed by atoms with Crippen LogP contribution < -0.4 is 5.32 Å². The second-order valence-electron chi connectivity index (χ2n) is 6.18. The Bertz CT molecular complexity index is 673. The fourth-order valence-electron chi connectivity index (χ4n) is 2.97. The van der Waals surface area contributed by atoms with Crippen LogP contribution in [-0.4, -0.2) is 46.4 Å². The standard InChI is InChI=1S/C19H30N4O/c1-5-16-18(23-13-10-15(4)14-17(23)21-16)19(24)20-11-8-9-12-22(6-2)7-3/h10,13-14H,5-9,11-12H2,1-4H3,(H,20,24). The molecule has 5 nitrogen and oxygen atoms in total. The average molecular weight is 330 g/mol. The number of carbonyl (C=O) groups is 1. The molecule has 2 aromatic heterocycles. The maximum absolute atomic E-state index is 12.6. The number of aromatic nitrogens is 2. The lowest BCUT2D eigenvalue weighted by Gasteiger charge is -2.17. The fourth-order valence-corrected chi connectivity index (χ4v) is 2.97. The summed E-state index contributed by atoms with van der Waals surface area (Å²) in [5.74, 6) is -0.0222. The third-order valence-corrected chi connectivity index (χ3v) is 4.48. The molecule has 0 bridgehead atoms. The molecule has 0 unspecified atom stereocenters. The number of amides is 1. The highest BCUT2D eigenvalue weighted by molar-refractivity contribution is 5.94. The van der Waals surface area contributed by atoms with Crippen molar-refractivity contribution in [1.82, 2.24) is 19.6 Å². The van der Waals surface area contributed by atoms with E-state index in [0.29, 0.717) is 12.2 Å². The number of nitrogens with one attached hydrogen (secondary N) is 1. The molecule has 0 atom stereocenters. The van der Waals surface area contributed by atoms with E-state index in [4.69, 9.17) is 0 Å². The van der Waals surface area contributed by atoms with Crippen LogP contribution >= 0.6 is 0 Å². The topological polar surface area (TPSA) is 49.6 Å². The van der Waals surface area contributed by atoms with Crippen LogP contribution in [0, 0.1) is 6.92 Å². The highest BCUT2D eigenvalue weighted by atomic mass is 16.1. The molecule has 0 spiro atoms. The molecular formula is C19H30N4O. The monoisotopic (exact) mass is 330 g/mol. The molecule has 0 saturated heterocycles. The zero-order chi connectivity index (χ0) is 17.5. The molecular weight excluding hydrogens is 300 g/mol. The van der Waals surface area contributed by atoms with E-state index in [1.54, 1.807) is 0 Å². The van der Waals surface area contributed by atoms with E-state index in [-0.39, 0.29) is 5.91 Å². The first-order chi connectivity index (χ1) is 11.6. The van der Waals surface area contributed by atoms with E-state index in [2.05, 4.69) is 29.0 Å². The molecule has 2 rings (SSSR count). The van der Waals surface area contributed by atoms with Crippen LogP contribution in [0.3, 0.4) is 0 Å². The lowest BCUT2D eigenvalue weighted by atomic mass is 10.2. The molecule has 0 aliphatic rings. The molecule has 0 aromatic carbocycles. The Labute approximate surface area is 145 Å². The number of fused-ring (bicyclic) bond motifs is 1. The number of imidazole rings is 1. The molecule has 0 fully saturated rings. The summed E-state index contributed by atoms with van der Waals surface area (Å²) in [5.41, 5.74) is 3.54. The van der Waals surface area contributed by atoms with Gasteiger partial charge in [0.25, 0.3) is 5.91 Å². The van der Waals surface area contributed by atoms with Crippen LogP contribution in [0.2, 0.25) is 0 Å². The lowest BCUT2D eigenvalue weighted by Crippen LogP contribution is -2.28. The number of rotatable bonds is 9. The Hall–Kier alpha value is -1.88. The van der Waals surface area contributed by atoms with Crippen LogP contribution in [0.25, 0.3) is 5.65 Å². The number of nitrogens with zero attached hydrogens (tertiary/aromatic N) is 3. The molecule has 2 aromatic rings. The van der Waals surface area contributed by atoms with Crippen molar-refractivity contribution in [3.8, 4) is 0 Å². The van der Waals surface area contributed by atoms with E-state index < -0.39 is 0 Å². The minimum absolute atomic E-state index is 0.0222. The van der Waals surface area contributed by atoms with Crippen LogP contribution in [0.15, 0.2) is 18.3 Å². The van der Waals surface area contributed by atoms with E-state index in [0.717, 1.165) is 55.8 Å². The number of hydrogen-bond acceptors (Lipinski definition) is 3. The zero-order valence-corrected chi connectivity index (χ0v) is 15.4. The van der Waals surface area contributed by atoms with Gasteiger partial charge in [0.1, 0.15) is 11.3 Å². The Kier molecular flexibility index (Phi) is 6.79. The second-order valence-corrected chi connectivity index (χ2v) is 6.18. The molecule has 1 amide bonds. The van der Waals surface area contributed by atoms with Crippen LogP contribution in [-0.2, 0) is 6.42 Å². The normalized spacial score (nSPS) is 11.4. The fraction of sp³-hybridized carbons (Fsp3) is 0.579. The Morgan fingerprint density at radius 1 is 1.25 bits per heavy atom. The summed E-state index contributed by atoms with van der Waals surface area (Å²) >= 11 is 0. The Balaban J connectivity index is 1.96. The molecule has 5 heteroatoms. The summed E-state index contributed by atoms with van der Waals surface area (Å²) < 4.78 is 1.90. The van der Waals surface area contributed by atoms with Crippen molar-refractivity contribution in [3.63, 3.8) is 0 Å². The molecule has 0 saturated carbocycles. The van der Waals surface area contributed by atoms with E-state index >= 15 is 0 Å². The van der Waals surface area contributed by atoms with Crippen molar-refractivity contribution in [1.29, 1.82) is 0 Å². The van der Waals surface area contributed by atoms with Gasteiger partial charge in [-0.1, -0.05) is 20.8 Å². The first kappa shape index (κ1) is 18.5. The summed E-state index contributed by atoms with van der Waals surface area (Å²) in [5, 5.41) is 3.06. The zero-order valence-electron chi connectivity index (χ0n) is 15.4. The van der Waals surface area contributed by atoms with E-state index in [9.17, 15) is 4.79 Å². The van der Waals surface area contributed by atoms with Crippen molar-refractivity contribution in [2.45, 2.75) is 47.0 Å². The number of aryl methyl sites for hydroxylation is 2. The summed E-state index contributed by atoms with van der Waals surface area (Å²) in [7, 11) is 0. The van der Waals surface area contributed by atoms with Crippen molar-refractivity contribution < 1.29 is 4.79 Å². The average Bonchev–Trinajstić information content (AvgIpc) is 2.95. The minimum Gasteiger partial charge on any atom is -0.351 e. The van der Waals surface area contributed by atoms with Crippen molar-refractivity contribution in [2.75, 3.05) is 26.2 Å². The third-order valence-electron chi connectivity index (χ3n) is 4.48. The Morgan fingerprint density at radius 2 is 2.00 bits per heavy atom. The maximum atomic E-state index is 12.6. The predicted octanol–water partition coefficient (Wildman–Crippen LogP) is 3.06. The van der Waals surface area contributed by atoms with Crippen molar-refractivity contribution in [2.24, 2.45) is 0 Å². The first-order valence-corrected chi connectivity index (χ1v) is 9.08. The molecule has 1 N–H and O–H groups in total. The molecule has 0 aliphatic carbocycles. The molecule has 0 aliphatic heterocycles. The Morgan fingerprint density at radius 3 is 2.67 bits per heavy atom. The molecule has 0 radical (unpaired) electrons. The van der Waals surface area contributed by atoms with E-state index in [1.165, 1.54) is 0 Å². The van der Waals surface area contributed by atoms with Gasteiger partial charge in [0.15, 0.2) is 0 Å². The van der Waals surface area contributed by atoms with Gasteiger partial charge in [-0.2, -0.15) is 0 Å². The number of hydrogen-bond donors (Lipinski definition) is 1. The van der Waals surface area contributed by atoms with Gasteiger partial charge in [-0.25, -0.2) is 4.98 Å². The van der Waals surface area contributed by atoms with Crippen LogP contribution in [0.4, 0.5) is 0 Å². The van der Waals surface area contributed by atoms with Gasteiger partial charge < -0.3 is 10.2 Å². The smallest absolute Gasteiger partial charge is 0.270 e. The SMILES string of the molecule is CCc1nc2cc(C)ccn2c1C(=O)NCCCCN(CC)CC. The molecule has 2 heterocycles. The van der Waals surface area contributed by atoms with Crippen molar-refractivity contribution in [3.05, 3.63) is 35.3 Å². The van der Waals surface area contributed by atoms with Gasteiger partial charge in [0.05, 0.1) is 5.69 Å². The van der Waals surface area contributed by atoms with Gasteiger partial charge in [-0.3, -0.25) is 9.20 Å². The molecule has 132 valence electrons. The van der Waals surface area contributed by atoms with Gasteiger partial charge in [0, 0.05) is 12.7 Å². The van der Waals surface area contributed by atoms with Gasteiger partial charge in [-0.05, 0) is 63.5 Å². The van der Waals surface area contributed by atoms with Gasteiger partial charge >= 0.3 is 0 Å². The summed E-state index contributed by atoms with van der Waals surface area (Å²) in [6, 6.07) is 4.02. The first-order valence-electron chi connectivity index (χ1n) is 9.08. The number of unbranched alkanes of at least 4 members (excludes halogenated alkanes) is 1. The summed E-state index contributed by atoms with van der Waals surface area (Å²) in [6.45, 7) is 12.4. The largest absolute Gasteiger partial charge is 0.351 e. The summed E-state index contributed by atoms with van der Waals surface area (Å²) in [6.07, 6.45) is 4.80. The van der Waals surface area contributed by atoms with Crippen molar-refractivity contribution >= 4 is 11.6 Å². The lowest BCUT2D eigenvalue weighted by molar-refractivity contribution is 0.0945. The maximum Gasteiger partial charge on any atom is 0.270 e. The quantitative estimate of drug-likeness (QED) is 0.719. The third kappa shape index (κ3) is 4.35. The number of pyridine rings is 1. The van der Waals surface area contributed by atoms with Gasteiger partial charge in [-0.15, -0.1) is 0 Å². The molecule has 24 heavy (non-hydrogen) atoms. The highest BCUT2D eigenvalue weighted by Gasteiger charge is 2.17. The van der Waals surface area contributed by atoms with Gasteiger partial charge in [0.2, 0.25) is 0 Å². The van der Waals surface area contributed by atoms with E-state index in [1.807, 2.05) is 36.6 Å². The second kappa shape index (κ2) is 8.83. The minimum atomic E-state index is -0.0222. The van der Waals surface area contributed by atoms with Crippen LogP contribution in [0.1, 0.15) is 55.4 Å². The highest BCUT2D eigenvalue weighted by Crippen LogP contribution is 2.15. The summed E-state index contributed by atoms with van der Waals surface area (Å²) in [4.78, 5) is 19.6. The number of carbonyl (C=O) groups excluding carboxylic acids is 1. The predicted molar refractivity (Wildman–Crippen MR) is 98.7 cm³/mol. The van der Waals surface area contributed by atoms with Crippen LogP contribution in [0.5, 0.6) is 0 Å².